The fourth-order valence-corrected chi connectivity index (χ4v) is 3.07. The van der Waals surface area contributed by atoms with Crippen molar-refractivity contribution in [2.45, 2.75) is 18.8 Å². The van der Waals surface area contributed by atoms with Crippen molar-refractivity contribution in [1.29, 1.82) is 0 Å². The Morgan fingerprint density at radius 3 is 2.77 bits per heavy atom. The van der Waals surface area contributed by atoms with Gasteiger partial charge in [-0.25, -0.2) is 4.79 Å². The molecule has 1 aliphatic rings. The number of ether oxygens (including phenoxy) is 2. The summed E-state index contributed by atoms with van der Waals surface area (Å²) in [6.45, 7) is 1.05. The van der Waals surface area contributed by atoms with Crippen LogP contribution < -0.4 is 15.5 Å². The minimum Gasteiger partial charge on any atom is -0.494 e. The lowest BCUT2D eigenvalue weighted by Gasteiger charge is -2.17. The summed E-state index contributed by atoms with van der Waals surface area (Å²) in [6.07, 6.45) is 3.24. The molecule has 0 radical (unpaired) electrons. The number of carboxylic acids is 1. The Hall–Kier alpha value is -2.58. The Labute approximate surface area is 149 Å². The van der Waals surface area contributed by atoms with Gasteiger partial charge in [0.25, 0.3) is 0 Å². The molecule has 0 saturated heterocycles. The SMILES string of the molecule is COc1c(NCCOCCO)cc2c(=O)c(C(=O)O)c[nH]c2c1C1CC1. The second-order valence-corrected chi connectivity index (χ2v) is 6.17. The van der Waals surface area contributed by atoms with Gasteiger partial charge < -0.3 is 30.0 Å². The lowest BCUT2D eigenvalue weighted by molar-refractivity contribution is 0.0695. The van der Waals surface area contributed by atoms with E-state index in [0.717, 1.165) is 18.4 Å². The number of aromatic amines is 1. The zero-order valence-electron chi connectivity index (χ0n) is 14.5. The van der Waals surface area contributed by atoms with Crippen molar-refractivity contribution in [3.63, 3.8) is 0 Å². The summed E-state index contributed by atoms with van der Waals surface area (Å²) in [5.74, 6) is -0.323. The highest BCUT2D eigenvalue weighted by atomic mass is 16.5. The lowest BCUT2D eigenvalue weighted by Crippen LogP contribution is -2.17. The summed E-state index contributed by atoms with van der Waals surface area (Å²) in [5, 5.41) is 21.5. The second-order valence-electron chi connectivity index (χ2n) is 6.17. The maximum atomic E-state index is 12.6. The van der Waals surface area contributed by atoms with E-state index in [1.165, 1.54) is 6.20 Å². The number of aliphatic hydroxyl groups excluding tert-OH is 1. The van der Waals surface area contributed by atoms with Gasteiger partial charge in [0.05, 0.1) is 38.1 Å². The molecule has 1 fully saturated rings. The van der Waals surface area contributed by atoms with Gasteiger partial charge in [-0.15, -0.1) is 0 Å². The number of aliphatic hydroxyl groups is 1. The van der Waals surface area contributed by atoms with Crippen molar-refractivity contribution in [2.24, 2.45) is 0 Å². The van der Waals surface area contributed by atoms with E-state index in [1.54, 1.807) is 13.2 Å². The number of hydrogen-bond acceptors (Lipinski definition) is 6. The number of carboxylic acid groups (broad SMARTS) is 1. The van der Waals surface area contributed by atoms with Crippen LogP contribution in [-0.4, -0.2) is 54.6 Å². The van der Waals surface area contributed by atoms with Gasteiger partial charge >= 0.3 is 5.97 Å². The molecule has 3 rings (SSSR count). The highest BCUT2D eigenvalue weighted by Gasteiger charge is 2.31. The zero-order valence-corrected chi connectivity index (χ0v) is 14.5. The first-order valence-corrected chi connectivity index (χ1v) is 8.50. The molecule has 1 aromatic carbocycles. The normalized spacial score (nSPS) is 13.8. The number of carbonyl (C=O) groups is 1. The highest BCUT2D eigenvalue weighted by molar-refractivity contribution is 5.96. The van der Waals surface area contributed by atoms with Gasteiger partial charge in [-0.1, -0.05) is 0 Å². The minimum atomic E-state index is -1.26. The van der Waals surface area contributed by atoms with Crippen LogP contribution in [0.3, 0.4) is 0 Å². The Morgan fingerprint density at radius 1 is 1.38 bits per heavy atom. The molecular formula is C18H22N2O6. The van der Waals surface area contributed by atoms with E-state index in [9.17, 15) is 14.7 Å². The minimum absolute atomic E-state index is 0.0432. The Morgan fingerprint density at radius 2 is 2.15 bits per heavy atom. The monoisotopic (exact) mass is 362 g/mol. The summed E-state index contributed by atoms with van der Waals surface area (Å²) >= 11 is 0. The maximum absolute atomic E-state index is 12.6. The number of pyridine rings is 1. The number of anilines is 1. The molecular weight excluding hydrogens is 340 g/mol. The molecule has 8 heteroatoms. The first-order valence-electron chi connectivity index (χ1n) is 8.50. The molecule has 0 spiro atoms. The van der Waals surface area contributed by atoms with Crippen LogP contribution in [0.2, 0.25) is 0 Å². The van der Waals surface area contributed by atoms with Gasteiger partial charge in [0.2, 0.25) is 5.43 Å². The van der Waals surface area contributed by atoms with Crippen LogP contribution in [0.5, 0.6) is 5.75 Å². The molecule has 1 saturated carbocycles. The summed E-state index contributed by atoms with van der Waals surface area (Å²) < 4.78 is 10.8. The van der Waals surface area contributed by atoms with Crippen LogP contribution in [-0.2, 0) is 4.74 Å². The van der Waals surface area contributed by atoms with Crippen molar-refractivity contribution in [2.75, 3.05) is 38.8 Å². The number of aromatic nitrogens is 1. The molecule has 8 nitrogen and oxygen atoms in total. The van der Waals surface area contributed by atoms with Crippen molar-refractivity contribution in [1.82, 2.24) is 4.98 Å². The summed E-state index contributed by atoms with van der Waals surface area (Å²) in [6, 6.07) is 1.62. The third-order valence-electron chi connectivity index (χ3n) is 4.38. The smallest absolute Gasteiger partial charge is 0.341 e. The summed E-state index contributed by atoms with van der Waals surface area (Å²) in [4.78, 5) is 26.9. The van der Waals surface area contributed by atoms with Gasteiger partial charge in [0, 0.05) is 23.7 Å². The Bertz CT molecular complexity index is 872. The third kappa shape index (κ3) is 3.51. The molecule has 0 bridgehead atoms. The molecule has 0 aliphatic heterocycles. The molecule has 4 N–H and O–H groups in total. The van der Waals surface area contributed by atoms with Gasteiger partial charge in [-0.05, 0) is 24.8 Å². The number of aromatic carboxylic acids is 1. The first kappa shape index (κ1) is 18.2. The van der Waals surface area contributed by atoms with Gasteiger partial charge in [0.1, 0.15) is 11.3 Å². The molecule has 0 amide bonds. The molecule has 26 heavy (non-hydrogen) atoms. The molecule has 1 heterocycles. The van der Waals surface area contributed by atoms with E-state index < -0.39 is 11.4 Å². The van der Waals surface area contributed by atoms with Gasteiger partial charge in [-0.3, -0.25) is 4.79 Å². The molecule has 1 aromatic heterocycles. The van der Waals surface area contributed by atoms with E-state index in [1.807, 2.05) is 0 Å². The number of rotatable bonds is 9. The van der Waals surface area contributed by atoms with Crippen molar-refractivity contribution < 1.29 is 24.5 Å². The van der Waals surface area contributed by atoms with E-state index in [-0.39, 0.29) is 24.7 Å². The van der Waals surface area contributed by atoms with Crippen LogP contribution in [0.4, 0.5) is 5.69 Å². The number of fused-ring (bicyclic) bond motifs is 1. The Kier molecular flexibility index (Phi) is 5.43. The third-order valence-corrected chi connectivity index (χ3v) is 4.38. The molecule has 140 valence electrons. The van der Waals surface area contributed by atoms with Crippen molar-refractivity contribution >= 4 is 22.6 Å². The zero-order chi connectivity index (χ0) is 18.7. The first-order chi connectivity index (χ1) is 12.6. The van der Waals surface area contributed by atoms with E-state index in [2.05, 4.69) is 10.3 Å². The molecule has 0 atom stereocenters. The number of H-pyrrole nitrogens is 1. The van der Waals surface area contributed by atoms with Gasteiger partial charge in [-0.2, -0.15) is 0 Å². The molecule has 2 aromatic rings. The lowest BCUT2D eigenvalue weighted by atomic mass is 10.0. The number of benzene rings is 1. The second kappa shape index (κ2) is 7.76. The predicted octanol–water partition coefficient (Wildman–Crippen LogP) is 1.53. The van der Waals surface area contributed by atoms with Crippen LogP contribution in [0.1, 0.15) is 34.7 Å². The van der Waals surface area contributed by atoms with Crippen LogP contribution in [0, 0.1) is 0 Å². The summed E-state index contributed by atoms with van der Waals surface area (Å²) in [7, 11) is 1.57. The van der Waals surface area contributed by atoms with Crippen LogP contribution >= 0.6 is 0 Å². The largest absolute Gasteiger partial charge is 0.494 e. The fraction of sp³-hybridized carbons (Fsp3) is 0.444. The fourth-order valence-electron chi connectivity index (χ4n) is 3.07. The standard InChI is InChI=1S/C18H22N2O6/c1-25-17-13(19-4-6-26-7-5-21)8-11-15(14(17)10-2-3-10)20-9-12(16(11)22)18(23)24/h8-10,19,21H,2-7H2,1H3,(H,20,22)(H,23,24). The maximum Gasteiger partial charge on any atom is 0.341 e. The van der Waals surface area contributed by atoms with Crippen molar-refractivity contribution in [3.8, 4) is 5.75 Å². The summed E-state index contributed by atoms with van der Waals surface area (Å²) in [5.41, 5.74) is 1.35. The number of hydrogen-bond donors (Lipinski definition) is 4. The predicted molar refractivity (Wildman–Crippen MR) is 96.4 cm³/mol. The highest BCUT2D eigenvalue weighted by Crippen LogP contribution is 2.49. The average molecular weight is 362 g/mol. The average Bonchev–Trinajstić information content (AvgIpc) is 3.45. The molecule has 1 aliphatic carbocycles. The topological polar surface area (TPSA) is 121 Å². The number of nitrogens with one attached hydrogen (secondary N) is 2. The molecule has 0 unspecified atom stereocenters. The van der Waals surface area contributed by atoms with Crippen molar-refractivity contribution in [3.05, 3.63) is 33.6 Å². The van der Waals surface area contributed by atoms with E-state index >= 15 is 0 Å². The Balaban J connectivity index is 2.06. The van der Waals surface area contributed by atoms with E-state index in [0.29, 0.717) is 35.5 Å². The quantitative estimate of drug-likeness (QED) is 0.499. The van der Waals surface area contributed by atoms with Crippen LogP contribution in [0.25, 0.3) is 10.9 Å². The van der Waals surface area contributed by atoms with Gasteiger partial charge in [0.15, 0.2) is 0 Å². The van der Waals surface area contributed by atoms with E-state index in [4.69, 9.17) is 14.6 Å². The van der Waals surface area contributed by atoms with Crippen LogP contribution in [0.15, 0.2) is 17.1 Å². The number of methoxy groups -OCH3 is 1.